The average Bonchev–Trinajstić information content (AvgIpc) is 2.47. The monoisotopic (exact) mass is 296 g/mol. The Bertz CT molecular complexity index is 405. The van der Waals surface area contributed by atoms with Crippen LogP contribution in [0.2, 0.25) is 0 Å². The molecule has 6 nitrogen and oxygen atoms in total. The largest absolute Gasteiger partial charge is 0.383 e. The van der Waals surface area contributed by atoms with Crippen LogP contribution in [0.1, 0.15) is 32.3 Å². The fraction of sp³-hybridized carbons (Fsp3) is 0.733. The van der Waals surface area contributed by atoms with Crippen molar-refractivity contribution in [2.45, 2.75) is 26.7 Å². The van der Waals surface area contributed by atoms with Crippen molar-refractivity contribution in [2.24, 2.45) is 0 Å². The second-order valence-electron chi connectivity index (χ2n) is 5.12. The minimum Gasteiger partial charge on any atom is -0.383 e. The Kier molecular flexibility index (Phi) is 8.00. The summed E-state index contributed by atoms with van der Waals surface area (Å²) in [7, 11) is 3.42. The van der Waals surface area contributed by atoms with Crippen LogP contribution >= 0.6 is 0 Å². The van der Waals surface area contributed by atoms with Gasteiger partial charge in [-0.2, -0.15) is 0 Å². The van der Waals surface area contributed by atoms with Gasteiger partial charge in [-0.15, -0.1) is 0 Å². The summed E-state index contributed by atoms with van der Waals surface area (Å²) in [5.74, 6) is 2.21. The lowest BCUT2D eigenvalue weighted by Gasteiger charge is -2.27. The van der Waals surface area contributed by atoms with Crippen LogP contribution in [0, 0.1) is 0 Å². The van der Waals surface area contributed by atoms with E-state index in [0.717, 1.165) is 36.8 Å². The van der Waals surface area contributed by atoms with Crippen molar-refractivity contribution in [3.05, 3.63) is 11.9 Å². The Balaban J connectivity index is 3.11. The van der Waals surface area contributed by atoms with E-state index in [1.54, 1.807) is 20.5 Å². The van der Waals surface area contributed by atoms with Crippen LogP contribution in [-0.4, -0.2) is 57.0 Å². The number of methoxy groups -OCH3 is 2. The number of nitrogens with zero attached hydrogens (tertiary/aromatic N) is 3. The van der Waals surface area contributed by atoms with E-state index in [2.05, 4.69) is 41.0 Å². The van der Waals surface area contributed by atoms with Gasteiger partial charge in [0.15, 0.2) is 0 Å². The Morgan fingerprint density at radius 2 is 1.76 bits per heavy atom. The first-order chi connectivity index (χ1) is 10.2. The number of hydrogen-bond donors (Lipinski definition) is 1. The van der Waals surface area contributed by atoms with Crippen LogP contribution in [0.25, 0.3) is 0 Å². The maximum atomic E-state index is 5.21. The number of rotatable bonds is 10. The van der Waals surface area contributed by atoms with E-state index in [0.29, 0.717) is 19.1 Å². The van der Waals surface area contributed by atoms with Crippen molar-refractivity contribution < 1.29 is 9.47 Å². The SMILES string of the molecule is CCNc1ncnc(N(CCOC)CCOC)c1C(C)C. The molecule has 0 saturated carbocycles. The predicted molar refractivity (Wildman–Crippen MR) is 86.2 cm³/mol. The second-order valence-corrected chi connectivity index (χ2v) is 5.12. The van der Waals surface area contributed by atoms with Crippen molar-refractivity contribution in [1.29, 1.82) is 0 Å². The molecule has 0 fully saturated rings. The third-order valence-corrected chi connectivity index (χ3v) is 3.21. The first-order valence-electron chi connectivity index (χ1n) is 7.47. The van der Waals surface area contributed by atoms with E-state index < -0.39 is 0 Å². The lowest BCUT2D eigenvalue weighted by molar-refractivity contribution is 0.190. The first-order valence-corrected chi connectivity index (χ1v) is 7.47. The summed E-state index contributed by atoms with van der Waals surface area (Å²) in [6.07, 6.45) is 1.62. The molecule has 21 heavy (non-hydrogen) atoms. The molecule has 0 aliphatic heterocycles. The summed E-state index contributed by atoms with van der Waals surface area (Å²) in [4.78, 5) is 11.1. The number of aromatic nitrogens is 2. The summed E-state index contributed by atoms with van der Waals surface area (Å²) in [5.41, 5.74) is 1.14. The van der Waals surface area contributed by atoms with E-state index in [-0.39, 0.29) is 0 Å². The quantitative estimate of drug-likeness (QED) is 0.714. The topological polar surface area (TPSA) is 59.5 Å². The third-order valence-electron chi connectivity index (χ3n) is 3.21. The van der Waals surface area contributed by atoms with E-state index in [4.69, 9.17) is 9.47 Å². The molecule has 6 heteroatoms. The zero-order chi connectivity index (χ0) is 15.7. The number of nitrogens with one attached hydrogen (secondary N) is 1. The van der Waals surface area contributed by atoms with Crippen LogP contribution < -0.4 is 10.2 Å². The van der Waals surface area contributed by atoms with Gasteiger partial charge in [0, 0.05) is 39.4 Å². The standard InChI is InChI=1S/C15H28N4O2/c1-6-16-14-13(12(2)3)15(18-11-17-14)19(7-9-20-4)8-10-21-5/h11-12H,6-10H2,1-5H3,(H,16,17,18). The fourth-order valence-electron chi connectivity index (χ4n) is 2.20. The molecular formula is C15H28N4O2. The van der Waals surface area contributed by atoms with Gasteiger partial charge < -0.3 is 19.7 Å². The van der Waals surface area contributed by atoms with E-state index in [1.165, 1.54) is 0 Å². The van der Waals surface area contributed by atoms with Gasteiger partial charge in [0.2, 0.25) is 0 Å². The predicted octanol–water partition coefficient (Wildman–Crippen LogP) is 2.13. The van der Waals surface area contributed by atoms with Crippen LogP contribution in [0.15, 0.2) is 6.33 Å². The Hall–Kier alpha value is -1.40. The highest BCUT2D eigenvalue weighted by Gasteiger charge is 2.19. The molecule has 1 N–H and O–H groups in total. The van der Waals surface area contributed by atoms with Gasteiger partial charge >= 0.3 is 0 Å². The van der Waals surface area contributed by atoms with E-state index >= 15 is 0 Å². The molecule has 1 heterocycles. The van der Waals surface area contributed by atoms with Crippen LogP contribution in [-0.2, 0) is 9.47 Å². The molecule has 1 aromatic rings. The molecule has 0 bridgehead atoms. The summed E-state index contributed by atoms with van der Waals surface area (Å²) < 4.78 is 10.4. The lowest BCUT2D eigenvalue weighted by Crippen LogP contribution is -2.32. The summed E-state index contributed by atoms with van der Waals surface area (Å²) in [6, 6.07) is 0. The average molecular weight is 296 g/mol. The lowest BCUT2D eigenvalue weighted by atomic mass is 10.0. The normalized spacial score (nSPS) is 11.0. The van der Waals surface area contributed by atoms with Gasteiger partial charge in [-0.1, -0.05) is 13.8 Å². The van der Waals surface area contributed by atoms with Gasteiger partial charge in [0.05, 0.1) is 13.2 Å². The van der Waals surface area contributed by atoms with Gasteiger partial charge in [-0.25, -0.2) is 9.97 Å². The van der Waals surface area contributed by atoms with Gasteiger partial charge in [0.1, 0.15) is 18.0 Å². The summed E-state index contributed by atoms with van der Waals surface area (Å²) >= 11 is 0. The third kappa shape index (κ3) is 5.13. The van der Waals surface area contributed by atoms with E-state index in [9.17, 15) is 0 Å². The maximum Gasteiger partial charge on any atom is 0.137 e. The van der Waals surface area contributed by atoms with Crippen LogP contribution in [0.5, 0.6) is 0 Å². The Labute approximate surface area is 127 Å². The second kappa shape index (κ2) is 9.52. The molecule has 1 aromatic heterocycles. The first kappa shape index (κ1) is 17.7. The molecule has 1 rings (SSSR count). The van der Waals surface area contributed by atoms with Crippen molar-refractivity contribution in [3.63, 3.8) is 0 Å². The van der Waals surface area contributed by atoms with E-state index in [1.807, 2.05) is 0 Å². The fourth-order valence-corrected chi connectivity index (χ4v) is 2.20. The van der Waals surface area contributed by atoms with Gasteiger partial charge in [0.25, 0.3) is 0 Å². The van der Waals surface area contributed by atoms with Crippen molar-refractivity contribution >= 4 is 11.6 Å². The molecule has 0 radical (unpaired) electrons. The molecular weight excluding hydrogens is 268 g/mol. The van der Waals surface area contributed by atoms with Crippen LogP contribution in [0.3, 0.4) is 0 Å². The molecule has 0 aliphatic rings. The zero-order valence-electron chi connectivity index (χ0n) is 13.8. The minimum absolute atomic E-state index is 0.336. The molecule has 0 saturated heterocycles. The number of ether oxygens (including phenoxy) is 2. The highest BCUT2D eigenvalue weighted by Crippen LogP contribution is 2.30. The van der Waals surface area contributed by atoms with Crippen LogP contribution in [0.4, 0.5) is 11.6 Å². The Morgan fingerprint density at radius 1 is 1.14 bits per heavy atom. The summed E-state index contributed by atoms with van der Waals surface area (Å²) in [5, 5.41) is 3.32. The molecule has 120 valence electrons. The molecule has 0 aromatic carbocycles. The minimum atomic E-state index is 0.336. The molecule has 0 atom stereocenters. The smallest absolute Gasteiger partial charge is 0.137 e. The highest BCUT2D eigenvalue weighted by molar-refractivity contribution is 5.60. The molecule has 0 aliphatic carbocycles. The molecule has 0 unspecified atom stereocenters. The molecule has 0 spiro atoms. The summed E-state index contributed by atoms with van der Waals surface area (Å²) in [6.45, 7) is 10.1. The van der Waals surface area contributed by atoms with Crippen molar-refractivity contribution in [3.8, 4) is 0 Å². The van der Waals surface area contributed by atoms with Gasteiger partial charge in [-0.05, 0) is 12.8 Å². The molecule has 0 amide bonds. The maximum absolute atomic E-state index is 5.21. The van der Waals surface area contributed by atoms with Crippen molar-refractivity contribution in [2.75, 3.05) is 57.3 Å². The van der Waals surface area contributed by atoms with Crippen molar-refractivity contribution in [1.82, 2.24) is 9.97 Å². The highest BCUT2D eigenvalue weighted by atomic mass is 16.5. The number of anilines is 2. The van der Waals surface area contributed by atoms with Gasteiger partial charge in [-0.3, -0.25) is 0 Å². The zero-order valence-corrected chi connectivity index (χ0v) is 13.8. The Morgan fingerprint density at radius 3 is 2.24 bits per heavy atom. The number of hydrogen-bond acceptors (Lipinski definition) is 6.